The van der Waals surface area contributed by atoms with Crippen LogP contribution in [0.1, 0.15) is 30.2 Å². The summed E-state index contributed by atoms with van der Waals surface area (Å²) in [6.07, 6.45) is 4.41. The molecule has 40 heavy (non-hydrogen) atoms. The molecule has 12 heteroatoms. The van der Waals surface area contributed by atoms with E-state index in [4.69, 9.17) is 21.1 Å². The number of imidazole rings is 1. The Morgan fingerprint density at radius 3 is 2.65 bits per heavy atom. The minimum absolute atomic E-state index is 0.0201. The second-order valence-electron chi connectivity index (χ2n) is 9.34. The Morgan fingerprint density at radius 1 is 1.25 bits per heavy atom. The van der Waals surface area contributed by atoms with Crippen LogP contribution in [0, 0.1) is 5.92 Å². The Kier molecular flexibility index (Phi) is 8.86. The Labute approximate surface area is 235 Å². The van der Waals surface area contributed by atoms with Crippen molar-refractivity contribution in [3.8, 4) is 0 Å². The molecule has 2 aliphatic heterocycles. The second-order valence-corrected chi connectivity index (χ2v) is 9.75. The molecule has 1 fully saturated rings. The van der Waals surface area contributed by atoms with Crippen molar-refractivity contribution in [2.75, 3.05) is 13.2 Å². The van der Waals surface area contributed by atoms with Gasteiger partial charge in [-0.2, -0.15) is 0 Å². The molecule has 3 atom stereocenters. The van der Waals surface area contributed by atoms with E-state index in [-0.39, 0.29) is 49.7 Å². The fourth-order valence-electron chi connectivity index (χ4n) is 4.84. The fraction of sp³-hybridized carbons (Fsp3) is 0.321. The zero-order valence-corrected chi connectivity index (χ0v) is 22.6. The maximum Gasteiger partial charge on any atom is 0.419 e. The molecule has 2 aliphatic rings. The van der Waals surface area contributed by atoms with Crippen LogP contribution < -0.4 is 5.32 Å². The molecule has 0 spiro atoms. The molecule has 0 radical (unpaired) electrons. The molecule has 4 rings (SSSR count). The van der Waals surface area contributed by atoms with Crippen LogP contribution in [-0.2, 0) is 36.8 Å². The number of carbonyl (C=O) groups is 4. The predicted molar refractivity (Wildman–Crippen MR) is 145 cm³/mol. The van der Waals surface area contributed by atoms with E-state index in [9.17, 15) is 24.3 Å². The number of nitrogens with one attached hydrogen (secondary N) is 1. The van der Waals surface area contributed by atoms with Gasteiger partial charge in [-0.05, 0) is 36.1 Å². The zero-order valence-electron chi connectivity index (χ0n) is 21.8. The largest absolute Gasteiger partial charge is 0.457 e. The van der Waals surface area contributed by atoms with Crippen LogP contribution in [0.25, 0.3) is 5.57 Å². The lowest BCUT2D eigenvalue weighted by molar-refractivity contribution is -0.162. The first-order chi connectivity index (χ1) is 19.2. The van der Waals surface area contributed by atoms with Gasteiger partial charge in [-0.15, -0.1) is 0 Å². The van der Waals surface area contributed by atoms with E-state index in [1.165, 1.54) is 34.1 Å². The number of fused-ring (bicyclic) bond motifs is 1. The number of carbonyl (C=O) groups excluding carboxylic acids is 4. The van der Waals surface area contributed by atoms with Crippen LogP contribution in [0.4, 0.5) is 4.79 Å². The molecule has 0 saturated carbocycles. The number of nitrogens with zero attached hydrogens (tertiary/aromatic N) is 3. The lowest BCUT2D eigenvalue weighted by Gasteiger charge is -2.44. The molecule has 1 saturated heterocycles. The van der Waals surface area contributed by atoms with Gasteiger partial charge >= 0.3 is 12.1 Å². The summed E-state index contributed by atoms with van der Waals surface area (Å²) in [5.41, 5.74) is 2.27. The lowest BCUT2D eigenvalue weighted by Crippen LogP contribution is -2.61. The number of rotatable bonds is 11. The molecule has 1 aromatic heterocycles. The Bertz CT molecular complexity index is 1400. The minimum atomic E-state index is -0.862. The van der Waals surface area contributed by atoms with Gasteiger partial charge < -0.3 is 24.8 Å². The fourth-order valence-corrected chi connectivity index (χ4v) is 5.09. The van der Waals surface area contributed by atoms with Gasteiger partial charge in [0.25, 0.3) is 0 Å². The van der Waals surface area contributed by atoms with Crippen LogP contribution in [0.5, 0.6) is 0 Å². The summed E-state index contributed by atoms with van der Waals surface area (Å²) in [6, 6.07) is 4.68. The zero-order chi connectivity index (χ0) is 29.0. The normalized spacial score (nSPS) is 18.5. The maximum atomic E-state index is 12.9. The van der Waals surface area contributed by atoms with E-state index >= 15 is 0 Å². The molecular formula is C28H29ClN4O7. The molecule has 2 aromatic rings. The molecular weight excluding hydrogens is 540 g/mol. The number of hydrogen-bond acceptors (Lipinski definition) is 8. The number of halogens is 1. The highest BCUT2D eigenvalue weighted by Crippen LogP contribution is 2.47. The van der Waals surface area contributed by atoms with Gasteiger partial charge in [-0.25, -0.2) is 19.1 Å². The number of ether oxygens (including phenoxy) is 2. The van der Waals surface area contributed by atoms with E-state index in [0.717, 1.165) is 0 Å². The summed E-state index contributed by atoms with van der Waals surface area (Å²) in [5.74, 6) is -1.96. The summed E-state index contributed by atoms with van der Waals surface area (Å²) in [7, 11) is 0. The minimum Gasteiger partial charge on any atom is -0.457 e. The Morgan fingerprint density at radius 2 is 1.98 bits per heavy atom. The van der Waals surface area contributed by atoms with E-state index in [0.29, 0.717) is 33.8 Å². The topological polar surface area (TPSA) is 140 Å². The number of aromatic nitrogens is 2. The highest BCUT2D eigenvalue weighted by atomic mass is 35.5. The third kappa shape index (κ3) is 5.70. The predicted octanol–water partition coefficient (Wildman–Crippen LogP) is 2.62. The molecule has 2 N–H and O–H groups in total. The average Bonchev–Trinajstić information content (AvgIpc) is 3.53. The van der Waals surface area contributed by atoms with Crippen molar-refractivity contribution in [1.82, 2.24) is 19.8 Å². The van der Waals surface area contributed by atoms with Gasteiger partial charge in [0.05, 0.1) is 42.9 Å². The summed E-state index contributed by atoms with van der Waals surface area (Å²) in [5, 5.41) is 13.1. The molecule has 0 aliphatic carbocycles. The molecule has 210 valence electrons. The maximum absolute atomic E-state index is 12.9. The third-order valence-corrected chi connectivity index (χ3v) is 7.06. The van der Waals surface area contributed by atoms with Crippen molar-refractivity contribution in [2.24, 2.45) is 5.92 Å². The first-order valence-electron chi connectivity index (χ1n) is 12.5. The number of benzene rings is 1. The van der Waals surface area contributed by atoms with Crippen LogP contribution in [-0.4, -0.2) is 68.8 Å². The van der Waals surface area contributed by atoms with E-state index in [2.05, 4.69) is 23.5 Å². The van der Waals surface area contributed by atoms with E-state index in [1.54, 1.807) is 25.1 Å². The van der Waals surface area contributed by atoms with Gasteiger partial charge in [0.15, 0.2) is 0 Å². The van der Waals surface area contributed by atoms with Crippen molar-refractivity contribution in [3.05, 3.63) is 83.6 Å². The van der Waals surface area contributed by atoms with Crippen LogP contribution in [0.2, 0.25) is 5.02 Å². The highest BCUT2D eigenvalue weighted by Gasteiger charge is 2.57. The van der Waals surface area contributed by atoms with Gasteiger partial charge in [0.2, 0.25) is 11.8 Å². The average molecular weight is 569 g/mol. The van der Waals surface area contributed by atoms with Crippen LogP contribution in [0.15, 0.2) is 61.7 Å². The second kappa shape index (κ2) is 12.3. The van der Waals surface area contributed by atoms with E-state index in [1.807, 2.05) is 0 Å². The number of hydrogen-bond donors (Lipinski definition) is 2. The SMILES string of the molecule is C=CCOC(=O)C1=C(c2ccc(CC(=O)NCc3cncn3C(=O)OCC=C)c(Cl)c2)C[C@@H]2[C@@H]([C@@H](C)O)C(=O)N12. The smallest absolute Gasteiger partial charge is 0.419 e. The monoisotopic (exact) mass is 568 g/mol. The van der Waals surface area contributed by atoms with E-state index < -0.39 is 24.1 Å². The van der Waals surface area contributed by atoms with Crippen molar-refractivity contribution in [1.29, 1.82) is 0 Å². The van der Waals surface area contributed by atoms with Crippen LogP contribution in [0.3, 0.4) is 0 Å². The molecule has 0 unspecified atom stereocenters. The number of aliphatic hydroxyl groups is 1. The van der Waals surface area contributed by atoms with Crippen molar-refractivity contribution in [3.63, 3.8) is 0 Å². The van der Waals surface area contributed by atoms with Crippen molar-refractivity contribution in [2.45, 2.75) is 38.5 Å². The Balaban J connectivity index is 1.48. The molecule has 1 aromatic carbocycles. The number of aliphatic hydroxyl groups excluding tert-OH is 1. The quantitative estimate of drug-likeness (QED) is 0.239. The van der Waals surface area contributed by atoms with Gasteiger partial charge in [-0.3, -0.25) is 9.59 Å². The first-order valence-corrected chi connectivity index (χ1v) is 12.9. The summed E-state index contributed by atoms with van der Waals surface area (Å²) in [4.78, 5) is 55.7. The van der Waals surface area contributed by atoms with Crippen molar-refractivity contribution < 1.29 is 33.8 Å². The first kappa shape index (κ1) is 28.8. The number of amides is 2. The molecule has 11 nitrogen and oxygen atoms in total. The summed E-state index contributed by atoms with van der Waals surface area (Å²) in [6.45, 7) is 8.65. The standard InChI is InChI=1S/C28H29ClN4O7/c1-4-8-39-27(37)25-20(12-22-24(16(3)34)26(36)33(22)25)17-6-7-18(21(29)10-17)11-23(35)31-14-19-13-30-15-32(19)28(38)40-9-5-2/h4-7,10,13,15-16,22,24,34H,1-2,8-9,11-12,14H2,3H3,(H,31,35)/t16-,22-,24-/m1/s1. The highest BCUT2D eigenvalue weighted by molar-refractivity contribution is 6.31. The molecule has 2 amide bonds. The third-order valence-electron chi connectivity index (χ3n) is 6.71. The van der Waals surface area contributed by atoms with Gasteiger partial charge in [-0.1, -0.05) is 49.0 Å². The van der Waals surface area contributed by atoms with Gasteiger partial charge in [0, 0.05) is 5.02 Å². The number of β-lactam (4-membered cyclic amide) rings is 1. The molecule has 3 heterocycles. The van der Waals surface area contributed by atoms with Gasteiger partial charge in [0.1, 0.15) is 25.2 Å². The summed E-state index contributed by atoms with van der Waals surface area (Å²) < 4.78 is 11.4. The Hall–Kier alpha value is -4.22. The number of esters is 1. The summed E-state index contributed by atoms with van der Waals surface area (Å²) >= 11 is 6.54. The van der Waals surface area contributed by atoms with Crippen LogP contribution >= 0.6 is 11.6 Å². The molecule has 0 bridgehead atoms. The van der Waals surface area contributed by atoms with Crippen molar-refractivity contribution >= 4 is 41.1 Å². The lowest BCUT2D eigenvalue weighted by atomic mass is 9.82.